The molecule has 2 rings (SSSR count). The molecule has 0 saturated carbocycles. The molecule has 0 aliphatic heterocycles. The van der Waals surface area contributed by atoms with Crippen molar-refractivity contribution < 1.29 is 13.5 Å². The molecule has 1 unspecified atom stereocenters. The third-order valence-corrected chi connectivity index (χ3v) is 3.18. The van der Waals surface area contributed by atoms with Crippen LogP contribution in [0.25, 0.3) is 0 Å². The van der Waals surface area contributed by atoms with E-state index in [1.54, 1.807) is 31.2 Å². The average molecular weight is 263 g/mol. The Morgan fingerprint density at radius 1 is 1.00 bits per heavy atom. The van der Waals surface area contributed by atoms with Gasteiger partial charge in [0.1, 0.15) is 5.82 Å². The third kappa shape index (κ3) is 2.31. The van der Waals surface area contributed by atoms with Crippen LogP contribution in [0.1, 0.15) is 18.1 Å². The molecular formula is C15H15F2NO. The highest BCUT2D eigenvalue weighted by molar-refractivity contribution is 5.42. The number of halogens is 2. The van der Waals surface area contributed by atoms with Crippen molar-refractivity contribution in [3.05, 3.63) is 65.2 Å². The summed E-state index contributed by atoms with van der Waals surface area (Å²) in [6.45, 7) is 1.57. The SMILES string of the molecule is COc1cccc(C(C)(N)c2ccccc2F)c1F. The van der Waals surface area contributed by atoms with Gasteiger partial charge in [0.05, 0.1) is 12.6 Å². The van der Waals surface area contributed by atoms with Crippen LogP contribution >= 0.6 is 0 Å². The lowest BCUT2D eigenvalue weighted by Crippen LogP contribution is -2.36. The predicted octanol–water partition coefficient (Wildman–Crippen LogP) is 3.20. The van der Waals surface area contributed by atoms with Gasteiger partial charge in [-0.3, -0.25) is 0 Å². The van der Waals surface area contributed by atoms with E-state index >= 15 is 0 Å². The van der Waals surface area contributed by atoms with E-state index in [9.17, 15) is 8.78 Å². The second-order valence-corrected chi connectivity index (χ2v) is 4.50. The van der Waals surface area contributed by atoms with Crippen molar-refractivity contribution in [1.29, 1.82) is 0 Å². The Morgan fingerprint density at radius 3 is 2.26 bits per heavy atom. The molecule has 0 aromatic heterocycles. The molecule has 0 saturated heterocycles. The van der Waals surface area contributed by atoms with Gasteiger partial charge >= 0.3 is 0 Å². The molecule has 0 amide bonds. The van der Waals surface area contributed by atoms with Crippen LogP contribution in [0.4, 0.5) is 8.78 Å². The molecule has 0 aliphatic carbocycles. The number of ether oxygens (including phenoxy) is 1. The molecule has 0 bridgehead atoms. The molecule has 0 radical (unpaired) electrons. The van der Waals surface area contributed by atoms with Crippen LogP contribution in [-0.4, -0.2) is 7.11 Å². The molecule has 1 atom stereocenters. The summed E-state index contributed by atoms with van der Waals surface area (Å²) in [5, 5.41) is 0. The summed E-state index contributed by atoms with van der Waals surface area (Å²) in [5.41, 5.74) is 5.30. The van der Waals surface area contributed by atoms with Crippen LogP contribution in [0.15, 0.2) is 42.5 Å². The fourth-order valence-electron chi connectivity index (χ4n) is 2.10. The molecular weight excluding hydrogens is 248 g/mol. The highest BCUT2D eigenvalue weighted by atomic mass is 19.1. The summed E-state index contributed by atoms with van der Waals surface area (Å²) in [4.78, 5) is 0. The van der Waals surface area contributed by atoms with Gasteiger partial charge in [0, 0.05) is 11.1 Å². The Bertz CT molecular complexity index is 596. The van der Waals surface area contributed by atoms with Crippen molar-refractivity contribution in [2.45, 2.75) is 12.5 Å². The monoisotopic (exact) mass is 263 g/mol. The Morgan fingerprint density at radius 2 is 1.63 bits per heavy atom. The molecule has 0 aliphatic rings. The summed E-state index contributed by atoms with van der Waals surface area (Å²) in [7, 11) is 1.37. The Balaban J connectivity index is 2.60. The summed E-state index contributed by atoms with van der Waals surface area (Å²) in [5.74, 6) is -0.946. The van der Waals surface area contributed by atoms with Crippen molar-refractivity contribution in [2.24, 2.45) is 5.73 Å². The average Bonchev–Trinajstić information content (AvgIpc) is 2.39. The molecule has 19 heavy (non-hydrogen) atoms. The molecule has 4 heteroatoms. The van der Waals surface area contributed by atoms with Crippen molar-refractivity contribution in [3.63, 3.8) is 0 Å². The molecule has 2 aromatic carbocycles. The maximum atomic E-state index is 14.3. The quantitative estimate of drug-likeness (QED) is 0.923. The lowest BCUT2D eigenvalue weighted by Gasteiger charge is -2.27. The number of nitrogens with two attached hydrogens (primary N) is 1. The van der Waals surface area contributed by atoms with Gasteiger partial charge in [-0.1, -0.05) is 30.3 Å². The van der Waals surface area contributed by atoms with Gasteiger partial charge in [-0.25, -0.2) is 8.78 Å². The third-order valence-electron chi connectivity index (χ3n) is 3.18. The van der Waals surface area contributed by atoms with Crippen molar-refractivity contribution >= 4 is 0 Å². The Hall–Kier alpha value is -1.94. The Labute approximate surface area is 110 Å². The number of hydrogen-bond donors (Lipinski definition) is 1. The van der Waals surface area contributed by atoms with Gasteiger partial charge in [-0.15, -0.1) is 0 Å². The fourth-order valence-corrected chi connectivity index (χ4v) is 2.10. The maximum absolute atomic E-state index is 14.3. The van der Waals surface area contributed by atoms with Gasteiger partial charge in [0.25, 0.3) is 0 Å². The zero-order chi connectivity index (χ0) is 14.0. The number of methoxy groups -OCH3 is 1. The van der Waals surface area contributed by atoms with E-state index in [1.165, 1.54) is 25.3 Å². The molecule has 0 fully saturated rings. The van der Waals surface area contributed by atoms with Crippen LogP contribution in [0.2, 0.25) is 0 Å². The van der Waals surface area contributed by atoms with Gasteiger partial charge in [0.2, 0.25) is 0 Å². The van der Waals surface area contributed by atoms with E-state index < -0.39 is 17.2 Å². The highest BCUT2D eigenvalue weighted by Crippen LogP contribution is 2.33. The molecule has 0 spiro atoms. The minimum absolute atomic E-state index is 0.0884. The number of rotatable bonds is 3. The molecule has 2 nitrogen and oxygen atoms in total. The van der Waals surface area contributed by atoms with E-state index in [0.29, 0.717) is 0 Å². The van der Waals surface area contributed by atoms with Gasteiger partial charge in [-0.05, 0) is 19.1 Å². The fraction of sp³-hybridized carbons (Fsp3) is 0.200. The van der Waals surface area contributed by atoms with E-state index in [0.717, 1.165) is 0 Å². The molecule has 2 N–H and O–H groups in total. The van der Waals surface area contributed by atoms with E-state index in [4.69, 9.17) is 10.5 Å². The van der Waals surface area contributed by atoms with E-state index in [2.05, 4.69) is 0 Å². The zero-order valence-corrected chi connectivity index (χ0v) is 10.8. The predicted molar refractivity (Wildman–Crippen MR) is 70.0 cm³/mol. The molecule has 100 valence electrons. The smallest absolute Gasteiger partial charge is 0.170 e. The van der Waals surface area contributed by atoms with Crippen LogP contribution in [0.3, 0.4) is 0 Å². The lowest BCUT2D eigenvalue weighted by molar-refractivity contribution is 0.378. The standard InChI is InChI=1S/C15H15F2NO/c1-15(18,10-6-3-4-8-12(10)16)11-7-5-9-13(19-2)14(11)17/h3-9H,18H2,1-2H3. The lowest BCUT2D eigenvalue weighted by atomic mass is 9.85. The topological polar surface area (TPSA) is 35.2 Å². The first kappa shape index (κ1) is 13.5. The van der Waals surface area contributed by atoms with Crippen LogP contribution < -0.4 is 10.5 Å². The number of benzene rings is 2. The van der Waals surface area contributed by atoms with Crippen LogP contribution in [0, 0.1) is 11.6 Å². The van der Waals surface area contributed by atoms with Crippen LogP contribution in [-0.2, 0) is 5.54 Å². The van der Waals surface area contributed by atoms with Crippen molar-refractivity contribution in [2.75, 3.05) is 7.11 Å². The first-order valence-electron chi connectivity index (χ1n) is 5.85. The second kappa shape index (κ2) is 4.97. The first-order chi connectivity index (χ1) is 8.98. The summed E-state index contributed by atoms with van der Waals surface area (Å²) >= 11 is 0. The molecule has 2 aromatic rings. The van der Waals surface area contributed by atoms with Gasteiger partial charge in [-0.2, -0.15) is 0 Å². The zero-order valence-electron chi connectivity index (χ0n) is 10.8. The summed E-state index contributed by atoms with van der Waals surface area (Å²) in [6, 6.07) is 10.7. The van der Waals surface area contributed by atoms with E-state index in [-0.39, 0.29) is 16.9 Å². The number of hydrogen-bond acceptors (Lipinski definition) is 2. The minimum atomic E-state index is -1.27. The van der Waals surface area contributed by atoms with Gasteiger partial charge < -0.3 is 10.5 Å². The normalized spacial score (nSPS) is 13.9. The van der Waals surface area contributed by atoms with Crippen LogP contribution in [0.5, 0.6) is 5.75 Å². The largest absolute Gasteiger partial charge is 0.494 e. The maximum Gasteiger partial charge on any atom is 0.170 e. The highest BCUT2D eigenvalue weighted by Gasteiger charge is 2.30. The molecule has 0 heterocycles. The second-order valence-electron chi connectivity index (χ2n) is 4.50. The van der Waals surface area contributed by atoms with Crippen molar-refractivity contribution in [1.82, 2.24) is 0 Å². The van der Waals surface area contributed by atoms with Crippen molar-refractivity contribution in [3.8, 4) is 5.75 Å². The first-order valence-corrected chi connectivity index (χ1v) is 5.85. The summed E-state index contributed by atoms with van der Waals surface area (Å²) < 4.78 is 33.0. The van der Waals surface area contributed by atoms with E-state index in [1.807, 2.05) is 0 Å². The minimum Gasteiger partial charge on any atom is -0.494 e. The Kier molecular flexibility index (Phi) is 3.53. The van der Waals surface area contributed by atoms with Gasteiger partial charge in [0.15, 0.2) is 11.6 Å². The summed E-state index contributed by atoms with van der Waals surface area (Å²) in [6.07, 6.45) is 0.